The number of ether oxygens (including phenoxy) is 2. The van der Waals surface area contributed by atoms with Gasteiger partial charge in [0.05, 0.1) is 17.3 Å². The van der Waals surface area contributed by atoms with Gasteiger partial charge in [0.15, 0.2) is 11.7 Å². The molecule has 8 heteroatoms. The molecule has 0 aliphatic heterocycles. The molecule has 0 radical (unpaired) electrons. The molecule has 29 heavy (non-hydrogen) atoms. The Morgan fingerprint density at radius 2 is 1.83 bits per heavy atom. The number of rotatable bonds is 9. The number of anilines is 1. The molecule has 0 spiro atoms. The summed E-state index contributed by atoms with van der Waals surface area (Å²) in [4.78, 5) is 21.1. The molecular formula is C21H24FN3O3S. The highest BCUT2D eigenvalue weighted by Gasteiger charge is 2.20. The molecule has 0 saturated carbocycles. The maximum atomic E-state index is 13.5. The summed E-state index contributed by atoms with van der Waals surface area (Å²) in [7, 11) is 5.56. The molecule has 0 atom stereocenters. The number of carbonyl (C=O) groups is 1. The molecule has 2 aromatic carbocycles. The average Bonchev–Trinajstić information content (AvgIpc) is 3.12. The molecule has 3 rings (SSSR count). The highest BCUT2D eigenvalue weighted by atomic mass is 32.1. The van der Waals surface area contributed by atoms with E-state index >= 15 is 0 Å². The Morgan fingerprint density at radius 1 is 1.10 bits per heavy atom. The second-order valence-corrected chi connectivity index (χ2v) is 7.78. The topological polar surface area (TPSA) is 54.9 Å². The van der Waals surface area contributed by atoms with Crippen molar-refractivity contribution in [2.45, 2.75) is 6.42 Å². The Balaban J connectivity index is 1.74. The van der Waals surface area contributed by atoms with E-state index in [0.29, 0.717) is 27.6 Å². The van der Waals surface area contributed by atoms with Gasteiger partial charge in [0.25, 0.3) is 5.91 Å². The van der Waals surface area contributed by atoms with Crippen molar-refractivity contribution in [3.63, 3.8) is 0 Å². The molecule has 0 aliphatic rings. The summed E-state index contributed by atoms with van der Waals surface area (Å²) in [5, 5.41) is 0.549. The van der Waals surface area contributed by atoms with Crippen LogP contribution in [0.15, 0.2) is 42.5 Å². The maximum Gasteiger partial charge on any atom is 0.266 e. The van der Waals surface area contributed by atoms with Crippen LogP contribution in [-0.2, 0) is 4.79 Å². The molecule has 0 N–H and O–H groups in total. The second-order valence-electron chi connectivity index (χ2n) is 6.77. The summed E-state index contributed by atoms with van der Waals surface area (Å²) in [5.74, 6) is 0.787. The standard InChI is InChI=1S/C21H24FN3O3S/c1-24(2)11-4-12-25(21-23-18-10-5-15(22)13-19(18)29-21)20(26)14-28-17-8-6-16(27-3)7-9-17/h5-10,13H,4,11-12,14H2,1-3H3. The van der Waals surface area contributed by atoms with Crippen LogP contribution in [0.4, 0.5) is 9.52 Å². The van der Waals surface area contributed by atoms with Gasteiger partial charge in [0, 0.05) is 6.54 Å². The van der Waals surface area contributed by atoms with Gasteiger partial charge in [-0.2, -0.15) is 0 Å². The summed E-state index contributed by atoms with van der Waals surface area (Å²) in [6, 6.07) is 11.5. The fraction of sp³-hybridized carbons (Fsp3) is 0.333. The van der Waals surface area contributed by atoms with E-state index in [-0.39, 0.29) is 18.3 Å². The first-order valence-electron chi connectivity index (χ1n) is 9.24. The van der Waals surface area contributed by atoms with Crippen molar-refractivity contribution < 1.29 is 18.7 Å². The van der Waals surface area contributed by atoms with Crippen LogP contribution in [0, 0.1) is 5.82 Å². The molecule has 1 amide bonds. The Bertz CT molecular complexity index is 959. The van der Waals surface area contributed by atoms with Gasteiger partial charge < -0.3 is 14.4 Å². The number of hydrogen-bond donors (Lipinski definition) is 0. The number of hydrogen-bond acceptors (Lipinski definition) is 6. The fourth-order valence-electron chi connectivity index (χ4n) is 2.77. The average molecular weight is 418 g/mol. The molecule has 0 saturated heterocycles. The Labute approximate surface area is 173 Å². The summed E-state index contributed by atoms with van der Waals surface area (Å²) in [5.41, 5.74) is 0.674. The maximum absolute atomic E-state index is 13.5. The minimum atomic E-state index is -0.318. The smallest absolute Gasteiger partial charge is 0.266 e. The highest BCUT2D eigenvalue weighted by molar-refractivity contribution is 7.22. The van der Waals surface area contributed by atoms with Gasteiger partial charge in [-0.25, -0.2) is 9.37 Å². The zero-order valence-electron chi connectivity index (χ0n) is 16.7. The molecule has 0 bridgehead atoms. The number of carbonyl (C=O) groups excluding carboxylic acids is 1. The summed E-state index contributed by atoms with van der Waals surface area (Å²) in [6.07, 6.45) is 0.783. The number of methoxy groups -OCH3 is 1. The van der Waals surface area contributed by atoms with E-state index < -0.39 is 0 Å². The van der Waals surface area contributed by atoms with E-state index in [1.165, 1.54) is 23.5 Å². The Morgan fingerprint density at radius 3 is 2.52 bits per heavy atom. The normalized spacial score (nSPS) is 11.1. The van der Waals surface area contributed by atoms with Gasteiger partial charge in [-0.1, -0.05) is 11.3 Å². The number of nitrogens with zero attached hydrogens (tertiary/aromatic N) is 3. The van der Waals surface area contributed by atoms with Gasteiger partial charge in [-0.3, -0.25) is 9.69 Å². The zero-order chi connectivity index (χ0) is 20.8. The van der Waals surface area contributed by atoms with Crippen molar-refractivity contribution >= 4 is 32.6 Å². The molecule has 3 aromatic rings. The van der Waals surface area contributed by atoms with E-state index in [1.54, 1.807) is 42.3 Å². The van der Waals surface area contributed by atoms with Crippen molar-refractivity contribution in [2.24, 2.45) is 0 Å². The van der Waals surface area contributed by atoms with Crippen LogP contribution in [0.3, 0.4) is 0 Å². The second kappa shape index (κ2) is 9.67. The SMILES string of the molecule is COc1ccc(OCC(=O)N(CCCN(C)C)c2nc3ccc(F)cc3s2)cc1. The third kappa shape index (κ3) is 5.65. The zero-order valence-corrected chi connectivity index (χ0v) is 17.5. The number of halogens is 1. The number of thiazole rings is 1. The molecule has 0 fully saturated rings. The molecule has 154 valence electrons. The minimum Gasteiger partial charge on any atom is -0.497 e. The van der Waals surface area contributed by atoms with Crippen LogP contribution in [0.1, 0.15) is 6.42 Å². The van der Waals surface area contributed by atoms with Crippen LogP contribution in [0.5, 0.6) is 11.5 Å². The minimum absolute atomic E-state index is 0.113. The Kier molecular flexibility index (Phi) is 7.00. The van der Waals surface area contributed by atoms with Crippen molar-refractivity contribution in [3.8, 4) is 11.5 Å². The third-order valence-electron chi connectivity index (χ3n) is 4.28. The lowest BCUT2D eigenvalue weighted by molar-refractivity contribution is -0.120. The third-order valence-corrected chi connectivity index (χ3v) is 5.32. The van der Waals surface area contributed by atoms with Gasteiger partial charge in [0.2, 0.25) is 0 Å². The van der Waals surface area contributed by atoms with Crippen LogP contribution < -0.4 is 14.4 Å². The van der Waals surface area contributed by atoms with Crippen LogP contribution >= 0.6 is 11.3 Å². The van der Waals surface area contributed by atoms with E-state index in [4.69, 9.17) is 9.47 Å². The van der Waals surface area contributed by atoms with Gasteiger partial charge in [0.1, 0.15) is 17.3 Å². The van der Waals surface area contributed by atoms with Gasteiger partial charge in [-0.15, -0.1) is 0 Å². The van der Waals surface area contributed by atoms with Crippen LogP contribution in [-0.4, -0.2) is 56.7 Å². The largest absolute Gasteiger partial charge is 0.497 e. The molecule has 6 nitrogen and oxygen atoms in total. The quantitative estimate of drug-likeness (QED) is 0.530. The fourth-order valence-corrected chi connectivity index (χ4v) is 3.80. The van der Waals surface area contributed by atoms with Crippen LogP contribution in [0.2, 0.25) is 0 Å². The lowest BCUT2D eigenvalue weighted by Crippen LogP contribution is -2.36. The van der Waals surface area contributed by atoms with E-state index in [9.17, 15) is 9.18 Å². The molecular weight excluding hydrogens is 393 g/mol. The first kappa shape index (κ1) is 21.0. The molecule has 1 heterocycles. The van der Waals surface area contributed by atoms with Crippen LogP contribution in [0.25, 0.3) is 10.2 Å². The molecule has 0 unspecified atom stereocenters. The van der Waals surface area contributed by atoms with Crippen molar-refractivity contribution in [1.29, 1.82) is 0 Å². The van der Waals surface area contributed by atoms with Crippen molar-refractivity contribution in [1.82, 2.24) is 9.88 Å². The van der Waals surface area contributed by atoms with E-state index in [0.717, 1.165) is 18.7 Å². The van der Waals surface area contributed by atoms with E-state index in [2.05, 4.69) is 9.88 Å². The predicted molar refractivity (Wildman–Crippen MR) is 114 cm³/mol. The highest BCUT2D eigenvalue weighted by Crippen LogP contribution is 2.29. The molecule has 1 aromatic heterocycles. The molecule has 0 aliphatic carbocycles. The van der Waals surface area contributed by atoms with Crippen molar-refractivity contribution in [3.05, 3.63) is 48.3 Å². The van der Waals surface area contributed by atoms with E-state index in [1.807, 2.05) is 14.1 Å². The lowest BCUT2D eigenvalue weighted by Gasteiger charge is -2.21. The Hall–Kier alpha value is -2.71. The summed E-state index contributed by atoms with van der Waals surface area (Å²) in [6.45, 7) is 1.23. The van der Waals surface area contributed by atoms with Gasteiger partial charge in [-0.05, 0) is 69.5 Å². The first-order chi connectivity index (χ1) is 14.0. The number of amides is 1. The number of benzene rings is 2. The summed E-state index contributed by atoms with van der Waals surface area (Å²) >= 11 is 1.30. The monoisotopic (exact) mass is 417 g/mol. The number of fused-ring (bicyclic) bond motifs is 1. The van der Waals surface area contributed by atoms with Crippen molar-refractivity contribution in [2.75, 3.05) is 45.8 Å². The van der Waals surface area contributed by atoms with Gasteiger partial charge >= 0.3 is 0 Å². The lowest BCUT2D eigenvalue weighted by atomic mass is 10.3. The summed E-state index contributed by atoms with van der Waals surface area (Å²) < 4.78 is 25.0. The number of aromatic nitrogens is 1. The first-order valence-corrected chi connectivity index (χ1v) is 10.1. The predicted octanol–water partition coefficient (Wildman–Crippen LogP) is 3.81.